The number of amides is 2. The van der Waals surface area contributed by atoms with Crippen LogP contribution in [0.1, 0.15) is 134 Å². The van der Waals surface area contributed by atoms with Gasteiger partial charge >= 0.3 is 38.5 Å². The molecule has 2 aromatic heterocycles. The third-order valence-corrected chi connectivity index (χ3v) is 17.2. The van der Waals surface area contributed by atoms with Gasteiger partial charge in [0.2, 0.25) is 11.9 Å². The average molecular weight is 1420 g/mol. The smallest absolute Gasteiger partial charge is 0.478 e. The molecule has 0 atom stereocenters. The number of rotatable bonds is 15. The molecule has 2 aliphatic carbocycles. The Morgan fingerprint density at radius 2 is 0.898 bits per heavy atom. The molecule has 0 unspecified atom stereocenters. The lowest BCUT2D eigenvalue weighted by Crippen LogP contribution is -2.41. The van der Waals surface area contributed by atoms with Crippen molar-refractivity contribution in [3.05, 3.63) is 152 Å². The van der Waals surface area contributed by atoms with Gasteiger partial charge in [0.15, 0.2) is 0 Å². The van der Waals surface area contributed by atoms with Crippen molar-refractivity contribution in [3.8, 4) is 11.1 Å². The Balaban J connectivity index is 0.000000179. The number of aromatic carboxylic acids is 1. The zero-order valence-corrected chi connectivity index (χ0v) is 57.9. The predicted molar refractivity (Wildman–Crippen MR) is 361 cm³/mol. The first-order chi connectivity index (χ1) is 45.4. The van der Waals surface area contributed by atoms with Gasteiger partial charge < -0.3 is 54.8 Å². The van der Waals surface area contributed by atoms with Crippen molar-refractivity contribution in [3.63, 3.8) is 0 Å². The number of hydrogen-bond donors (Lipinski definition) is 5. The van der Waals surface area contributed by atoms with Crippen molar-refractivity contribution in [1.29, 1.82) is 0 Å². The number of aryl methyl sites for hydroxylation is 1. The minimum atomic E-state index is -4.56. The second-order valence-electron chi connectivity index (χ2n) is 26.4. The number of carbonyl (C=O) groups excluding carboxylic acids is 2. The summed E-state index contributed by atoms with van der Waals surface area (Å²) in [5, 5.41) is 20.9. The molecule has 4 fully saturated rings. The van der Waals surface area contributed by atoms with Gasteiger partial charge in [-0.05, 0) is 206 Å². The van der Waals surface area contributed by atoms with Gasteiger partial charge in [0.05, 0.1) is 65.7 Å². The van der Waals surface area contributed by atoms with E-state index < -0.39 is 65.3 Å². The second-order valence-corrected chi connectivity index (χ2v) is 27.2. The summed E-state index contributed by atoms with van der Waals surface area (Å²) < 4.78 is 139. The van der Waals surface area contributed by atoms with E-state index in [0.29, 0.717) is 41.0 Å². The highest BCUT2D eigenvalue weighted by molar-refractivity contribution is 7.11. The number of aromatic nitrogens is 4. The van der Waals surface area contributed by atoms with Crippen molar-refractivity contribution in [2.45, 2.75) is 141 Å². The molecule has 0 radical (unpaired) electrons. The largest absolute Gasteiger partial charge is 0.488 e. The molecule has 5 aromatic carbocycles. The van der Waals surface area contributed by atoms with Gasteiger partial charge in [-0.25, -0.2) is 24.7 Å². The maximum atomic E-state index is 13.7. The molecule has 2 amide bonds. The van der Waals surface area contributed by atoms with Gasteiger partial charge in [0.25, 0.3) is 11.8 Å². The summed E-state index contributed by atoms with van der Waals surface area (Å²) in [6, 6.07) is 20.1. The SMILES string of the molecule is CC1(C)OB(B2OC(C)(C)C(C)(C)O2)OC1(C)C.CN(C)CCNc1ncc2cc(-c3cc(C(=O)NC4CC4)ccc3C(F)(F)F)ccc2n1.Cc1ccc2nc(NCCN(C)C)ncc2c1.O=C(NC1CC1)c1ccc(C(F)(F)F)c(Cl)c1.O=C(O)c1ccc(C(F)(F)F)c(Cl)c1. The first-order valence-electron chi connectivity index (χ1n) is 31.2. The lowest BCUT2D eigenvalue weighted by molar-refractivity contribution is -0.138. The van der Waals surface area contributed by atoms with Crippen molar-refractivity contribution in [2.24, 2.45) is 0 Å². The normalized spacial score (nSPS) is 16.8. The van der Waals surface area contributed by atoms with E-state index in [1.807, 2.05) is 101 Å². The monoisotopic (exact) mass is 1410 g/mol. The number of benzene rings is 5. The van der Waals surface area contributed by atoms with Crippen molar-refractivity contribution >= 4 is 88.7 Å². The molecule has 0 spiro atoms. The van der Waals surface area contributed by atoms with Crippen LogP contribution in [0, 0.1) is 6.92 Å². The lowest BCUT2D eigenvalue weighted by Gasteiger charge is -2.32. The van der Waals surface area contributed by atoms with Crippen molar-refractivity contribution < 1.29 is 77.6 Å². The van der Waals surface area contributed by atoms with Gasteiger partial charge in [-0.1, -0.05) is 40.9 Å². The van der Waals surface area contributed by atoms with E-state index in [-0.39, 0.29) is 68.6 Å². The molecule has 2 saturated heterocycles. The number of carboxylic acid groups (broad SMARTS) is 1. The summed E-state index contributed by atoms with van der Waals surface area (Å²) in [6.45, 7) is 21.6. The number of halogens is 11. The van der Waals surface area contributed by atoms with Gasteiger partial charge in [-0.15, -0.1) is 0 Å². The van der Waals surface area contributed by atoms with Gasteiger partial charge in [0.1, 0.15) is 0 Å². The number of nitrogens with one attached hydrogen (secondary N) is 4. The molecule has 98 heavy (non-hydrogen) atoms. The Morgan fingerprint density at radius 1 is 0.531 bits per heavy atom. The third kappa shape index (κ3) is 21.6. The van der Waals surface area contributed by atoms with Gasteiger partial charge in [-0.2, -0.15) is 39.5 Å². The fourth-order valence-corrected chi connectivity index (χ4v) is 9.81. The van der Waals surface area contributed by atoms with Crippen LogP contribution in [0.25, 0.3) is 32.9 Å². The third-order valence-electron chi connectivity index (χ3n) is 16.5. The summed E-state index contributed by atoms with van der Waals surface area (Å²) in [6.07, 6.45) is -6.52. The van der Waals surface area contributed by atoms with Crippen LogP contribution in [0.3, 0.4) is 0 Å². The number of alkyl halides is 9. The predicted octanol–water partition coefficient (Wildman–Crippen LogP) is 14.7. The molecule has 4 aliphatic rings. The molecule has 0 bridgehead atoms. The molecule has 7 aromatic rings. The van der Waals surface area contributed by atoms with Crippen LogP contribution in [0.15, 0.2) is 103 Å². The Kier molecular flexibility index (Phi) is 25.0. The van der Waals surface area contributed by atoms with Crippen LogP contribution in [0.4, 0.5) is 51.4 Å². The molecule has 2 saturated carbocycles. The van der Waals surface area contributed by atoms with E-state index >= 15 is 0 Å². The number of fused-ring (bicyclic) bond motifs is 2. The average Bonchev–Trinajstić information content (AvgIpc) is 1.57. The molecule has 18 nitrogen and oxygen atoms in total. The lowest BCUT2D eigenvalue weighted by atomic mass is 9.49. The molecular weight excluding hydrogens is 1340 g/mol. The zero-order chi connectivity index (χ0) is 72.7. The van der Waals surface area contributed by atoms with Crippen LogP contribution in [0.2, 0.25) is 10.0 Å². The maximum absolute atomic E-state index is 13.7. The van der Waals surface area contributed by atoms with Crippen LogP contribution >= 0.6 is 23.2 Å². The number of nitrogens with zero attached hydrogens (tertiary/aromatic N) is 6. The standard InChI is InChI=1S/C23H24F3N5O.C13H18N4.C12H24B2O4.C11H9ClF3NO.C8H4ClF3O2/c1-31(2)10-9-27-22-28-13-16-11-14(4-8-20(16)30-22)18-12-15(21(32)29-17-5-6-17)3-7-19(18)23(24,25)26;1-10-4-5-12-11(8-10)9-15-13(16-12)14-6-7-17(2)3;1-9(2)10(3,4)16-13(15-9)14-17-11(5,6)12(7,8)18-14;12-9-5-6(10(17)16-7-2-3-7)1-4-8(9)11(13,14)15;9-6-3-4(7(13)14)1-2-5(6)8(10,11)12/h3-4,7-8,11-13,17H,5-6,9-10H2,1-2H3,(H,29,32)(H,27,28,30);4-5,8-9H,6-7H2,1-3H3,(H,14,15,16);1-8H3;1,4-5,7H,2-3H2,(H,16,17);1-3H,(H,13,14). The van der Waals surface area contributed by atoms with Crippen LogP contribution in [-0.2, 0) is 37.1 Å². The van der Waals surface area contributed by atoms with E-state index in [1.165, 1.54) is 17.7 Å². The first-order valence-corrected chi connectivity index (χ1v) is 32.0. The summed E-state index contributed by atoms with van der Waals surface area (Å²) in [4.78, 5) is 56.0. The molecule has 528 valence electrons. The highest BCUT2D eigenvalue weighted by Gasteiger charge is 2.64. The number of hydrogen-bond acceptors (Lipinski definition) is 15. The van der Waals surface area contributed by atoms with E-state index in [9.17, 15) is 53.9 Å². The molecular formula is C67H79B2Cl2F9N10O8. The fraction of sp³-hybridized carbons (Fsp3) is 0.448. The molecule has 31 heteroatoms. The number of likely N-dealkylation sites (N-methyl/N-ethyl adjacent to an activating group) is 2. The Morgan fingerprint density at radius 3 is 1.28 bits per heavy atom. The highest BCUT2D eigenvalue weighted by atomic mass is 35.5. The van der Waals surface area contributed by atoms with Crippen LogP contribution in [-0.4, -0.2) is 156 Å². The van der Waals surface area contributed by atoms with Crippen LogP contribution < -0.4 is 21.3 Å². The first kappa shape index (κ1) is 78.0. The minimum absolute atomic E-state index is 0.0453. The highest BCUT2D eigenvalue weighted by Crippen LogP contribution is 2.44. The zero-order valence-electron chi connectivity index (χ0n) is 56.4. The van der Waals surface area contributed by atoms with E-state index in [1.54, 1.807) is 24.4 Å². The number of anilines is 2. The molecule has 11 rings (SSSR count). The summed E-state index contributed by atoms with van der Waals surface area (Å²) in [5.74, 6) is -0.909. The second kappa shape index (κ2) is 31.4. The maximum Gasteiger partial charge on any atom is 0.488 e. The van der Waals surface area contributed by atoms with E-state index in [2.05, 4.69) is 65.2 Å². The fourth-order valence-electron chi connectivity index (χ4n) is 9.23. The topological polar surface area (TPSA) is 215 Å². The van der Waals surface area contributed by atoms with Crippen LogP contribution in [0.5, 0.6) is 0 Å². The van der Waals surface area contributed by atoms with Gasteiger partial charge in [-0.3, -0.25) is 9.59 Å². The van der Waals surface area contributed by atoms with E-state index in [0.717, 1.165) is 92.6 Å². The minimum Gasteiger partial charge on any atom is -0.478 e. The number of carboxylic acids is 1. The summed E-state index contributed by atoms with van der Waals surface area (Å²) in [7, 11) is 7.07. The number of carbonyl (C=O) groups is 3. The summed E-state index contributed by atoms with van der Waals surface area (Å²) >= 11 is 10.8. The molecule has 5 N–H and O–H groups in total. The van der Waals surface area contributed by atoms with Crippen molar-refractivity contribution in [2.75, 3.05) is 65.0 Å². The molecule has 4 heterocycles. The van der Waals surface area contributed by atoms with E-state index in [4.69, 9.17) is 46.9 Å². The Hall–Kier alpha value is -7.37. The van der Waals surface area contributed by atoms with Crippen molar-refractivity contribution in [1.82, 2.24) is 40.4 Å². The Labute approximate surface area is 573 Å². The quantitative estimate of drug-likeness (QED) is 0.0477. The summed E-state index contributed by atoms with van der Waals surface area (Å²) in [5.41, 5.74) is -0.979. The van der Waals surface area contributed by atoms with Gasteiger partial charge in [0, 0.05) is 72.6 Å². The molecule has 2 aliphatic heterocycles. The Bertz CT molecular complexity index is 3910.